The maximum absolute atomic E-state index is 13.7. The van der Waals surface area contributed by atoms with E-state index in [0.717, 1.165) is 48.1 Å². The van der Waals surface area contributed by atoms with Crippen LogP contribution in [0.3, 0.4) is 0 Å². The Labute approximate surface area is 215 Å². The molecule has 0 saturated carbocycles. The number of fused-ring (bicyclic) bond motifs is 1. The minimum atomic E-state index is -3.60. The van der Waals surface area contributed by atoms with Gasteiger partial charge in [-0.25, -0.2) is 13.4 Å². The monoisotopic (exact) mass is 529 g/mol. The van der Waals surface area contributed by atoms with Gasteiger partial charge in [0.05, 0.1) is 34.9 Å². The first kappa shape index (κ1) is 25.1. The third kappa shape index (κ3) is 5.00. The fourth-order valence-corrected chi connectivity index (χ4v) is 7.57. The lowest BCUT2D eigenvalue weighted by atomic mass is 10.1. The van der Waals surface area contributed by atoms with Gasteiger partial charge in [0.1, 0.15) is 5.75 Å². The molecule has 2 unspecified atom stereocenters. The van der Waals surface area contributed by atoms with E-state index in [1.54, 1.807) is 28.4 Å². The first-order chi connectivity index (χ1) is 17.4. The number of benzene rings is 2. The molecule has 10 heteroatoms. The predicted octanol–water partition coefficient (Wildman–Crippen LogP) is 4.69. The lowest BCUT2D eigenvalue weighted by Crippen LogP contribution is -2.42. The summed E-state index contributed by atoms with van der Waals surface area (Å²) >= 11 is 1.42. The summed E-state index contributed by atoms with van der Waals surface area (Å²) in [5.41, 5.74) is 1.20. The molecule has 2 fully saturated rings. The zero-order chi connectivity index (χ0) is 25.3. The topological polar surface area (TPSA) is 89.0 Å². The van der Waals surface area contributed by atoms with Gasteiger partial charge in [0.2, 0.25) is 10.0 Å². The lowest BCUT2D eigenvalue weighted by Gasteiger charge is -2.32. The highest BCUT2D eigenvalue weighted by Crippen LogP contribution is 2.33. The van der Waals surface area contributed by atoms with E-state index in [4.69, 9.17) is 14.5 Å². The van der Waals surface area contributed by atoms with E-state index in [1.807, 2.05) is 25.1 Å². The third-order valence-electron chi connectivity index (χ3n) is 6.92. The summed E-state index contributed by atoms with van der Waals surface area (Å²) in [6.07, 6.45) is 4.56. The molecule has 1 amide bonds. The second-order valence-corrected chi connectivity index (χ2v) is 12.3. The third-order valence-corrected chi connectivity index (χ3v) is 9.99. The van der Waals surface area contributed by atoms with Gasteiger partial charge in [-0.3, -0.25) is 9.69 Å². The van der Waals surface area contributed by atoms with E-state index in [2.05, 4.69) is 0 Å². The van der Waals surface area contributed by atoms with Crippen LogP contribution in [0.15, 0.2) is 47.4 Å². The smallest absolute Gasteiger partial charge is 0.260 e. The van der Waals surface area contributed by atoms with Crippen molar-refractivity contribution in [2.24, 2.45) is 0 Å². The summed E-state index contributed by atoms with van der Waals surface area (Å²) in [6, 6.07) is 11.9. The Morgan fingerprint density at radius 3 is 2.67 bits per heavy atom. The molecule has 3 heterocycles. The van der Waals surface area contributed by atoms with Crippen molar-refractivity contribution in [2.45, 2.75) is 56.1 Å². The van der Waals surface area contributed by atoms with Gasteiger partial charge in [-0.05, 0) is 75.1 Å². The molecule has 0 bridgehead atoms. The van der Waals surface area contributed by atoms with Gasteiger partial charge in [0.15, 0.2) is 5.13 Å². The number of ether oxygens (including phenoxy) is 2. The van der Waals surface area contributed by atoms with Crippen LogP contribution in [0.25, 0.3) is 10.2 Å². The van der Waals surface area contributed by atoms with Crippen LogP contribution in [0.1, 0.15) is 49.4 Å². The summed E-state index contributed by atoms with van der Waals surface area (Å²) in [6.45, 7) is 3.55. The molecular formula is C26H31N3O5S2. The van der Waals surface area contributed by atoms with Gasteiger partial charge in [-0.1, -0.05) is 17.8 Å². The maximum Gasteiger partial charge on any atom is 0.260 e. The number of piperidine rings is 1. The van der Waals surface area contributed by atoms with Crippen LogP contribution in [0.5, 0.6) is 5.75 Å². The van der Waals surface area contributed by atoms with Crippen molar-refractivity contribution in [3.63, 3.8) is 0 Å². The Morgan fingerprint density at radius 1 is 1.17 bits per heavy atom. The maximum atomic E-state index is 13.7. The second kappa shape index (κ2) is 10.5. The van der Waals surface area contributed by atoms with Crippen molar-refractivity contribution in [3.8, 4) is 5.75 Å². The Morgan fingerprint density at radius 2 is 1.97 bits per heavy atom. The number of thiazole rings is 1. The van der Waals surface area contributed by atoms with Gasteiger partial charge >= 0.3 is 0 Å². The number of hydrogen-bond acceptors (Lipinski definition) is 7. The number of carbonyl (C=O) groups excluding carboxylic acids is 1. The number of hydrogen-bond donors (Lipinski definition) is 0. The van der Waals surface area contributed by atoms with Crippen molar-refractivity contribution < 1.29 is 22.7 Å². The van der Waals surface area contributed by atoms with Crippen LogP contribution in [-0.4, -0.2) is 62.6 Å². The Kier molecular flexibility index (Phi) is 7.30. The number of aromatic nitrogens is 1. The SMILES string of the molecule is COc1ccc2nc(N(CC3CCCO3)C(=O)c3ccc(S(=O)(=O)N4CCCCC4C)cc3)sc2c1. The molecule has 2 saturated heterocycles. The standard InChI is InChI=1S/C26H31N3O5S2/c1-18-6-3-4-14-29(18)36(31,32)22-11-8-19(9-12-22)25(30)28(17-21-7-5-15-34-21)26-27-23-13-10-20(33-2)16-24(23)35-26/h8-13,16,18,21H,3-7,14-15,17H2,1-2H3. The highest BCUT2D eigenvalue weighted by Gasteiger charge is 2.32. The van der Waals surface area contributed by atoms with Crippen molar-refractivity contribution in [3.05, 3.63) is 48.0 Å². The van der Waals surface area contributed by atoms with Crippen LogP contribution < -0.4 is 9.64 Å². The van der Waals surface area contributed by atoms with Crippen LogP contribution in [-0.2, 0) is 14.8 Å². The molecule has 2 aliphatic heterocycles. The summed E-state index contributed by atoms with van der Waals surface area (Å²) in [4.78, 5) is 20.3. The first-order valence-electron chi connectivity index (χ1n) is 12.4. The van der Waals surface area contributed by atoms with Crippen molar-refractivity contribution in [1.29, 1.82) is 0 Å². The highest BCUT2D eigenvalue weighted by molar-refractivity contribution is 7.89. The minimum absolute atomic E-state index is 0.0235. The molecule has 0 N–H and O–H groups in total. The second-order valence-electron chi connectivity index (χ2n) is 9.37. The van der Waals surface area contributed by atoms with E-state index in [1.165, 1.54) is 23.5 Å². The Balaban J connectivity index is 1.43. The van der Waals surface area contributed by atoms with Gasteiger partial charge in [-0.2, -0.15) is 4.31 Å². The molecule has 36 heavy (non-hydrogen) atoms. The van der Waals surface area contributed by atoms with Crippen molar-refractivity contribution >= 4 is 42.6 Å². The van der Waals surface area contributed by atoms with E-state index in [-0.39, 0.29) is 22.9 Å². The van der Waals surface area contributed by atoms with Crippen molar-refractivity contribution in [2.75, 3.05) is 31.7 Å². The number of methoxy groups -OCH3 is 1. The summed E-state index contributed by atoms with van der Waals surface area (Å²) in [5, 5.41) is 0.581. The zero-order valence-electron chi connectivity index (χ0n) is 20.6. The molecule has 192 valence electrons. The van der Waals surface area contributed by atoms with Crippen LogP contribution in [0, 0.1) is 0 Å². The van der Waals surface area contributed by atoms with Crippen LogP contribution >= 0.6 is 11.3 Å². The predicted molar refractivity (Wildman–Crippen MR) is 140 cm³/mol. The molecule has 2 aromatic carbocycles. The largest absolute Gasteiger partial charge is 0.497 e. The minimum Gasteiger partial charge on any atom is -0.497 e. The number of anilines is 1. The Bertz CT molecular complexity index is 1330. The van der Waals surface area contributed by atoms with Crippen LogP contribution in [0.2, 0.25) is 0 Å². The van der Waals surface area contributed by atoms with E-state index >= 15 is 0 Å². The number of carbonyl (C=O) groups is 1. The molecule has 0 spiro atoms. The summed E-state index contributed by atoms with van der Waals surface area (Å²) < 4.78 is 40.1. The molecule has 0 aliphatic carbocycles. The number of sulfonamides is 1. The quantitative estimate of drug-likeness (QED) is 0.441. The molecule has 1 aromatic heterocycles. The Hall–Kier alpha value is -2.53. The summed E-state index contributed by atoms with van der Waals surface area (Å²) in [7, 11) is -1.99. The normalized spacial score (nSPS) is 21.1. The number of nitrogens with zero attached hydrogens (tertiary/aromatic N) is 3. The van der Waals surface area contributed by atoms with E-state index < -0.39 is 10.0 Å². The number of amides is 1. The van der Waals surface area contributed by atoms with E-state index in [0.29, 0.717) is 30.4 Å². The first-order valence-corrected chi connectivity index (χ1v) is 14.6. The van der Waals surface area contributed by atoms with Crippen molar-refractivity contribution in [1.82, 2.24) is 9.29 Å². The molecule has 2 aliphatic rings. The highest BCUT2D eigenvalue weighted by atomic mass is 32.2. The molecular weight excluding hydrogens is 498 g/mol. The van der Waals surface area contributed by atoms with Gasteiger partial charge in [0, 0.05) is 24.8 Å². The van der Waals surface area contributed by atoms with Gasteiger partial charge < -0.3 is 9.47 Å². The molecule has 0 radical (unpaired) electrons. The zero-order valence-corrected chi connectivity index (χ0v) is 22.2. The average Bonchev–Trinajstić information content (AvgIpc) is 3.56. The number of rotatable bonds is 7. The van der Waals surface area contributed by atoms with Gasteiger partial charge in [0.25, 0.3) is 5.91 Å². The van der Waals surface area contributed by atoms with Crippen LogP contribution in [0.4, 0.5) is 5.13 Å². The fraction of sp³-hybridized carbons (Fsp3) is 0.462. The molecule has 2 atom stereocenters. The van der Waals surface area contributed by atoms with Gasteiger partial charge in [-0.15, -0.1) is 0 Å². The lowest BCUT2D eigenvalue weighted by molar-refractivity contribution is 0.0917. The molecule has 8 nitrogen and oxygen atoms in total. The molecule has 5 rings (SSSR count). The fourth-order valence-electron chi connectivity index (χ4n) is 4.86. The van der Waals surface area contributed by atoms with E-state index in [9.17, 15) is 13.2 Å². The molecule has 3 aromatic rings. The average molecular weight is 530 g/mol. The summed E-state index contributed by atoms with van der Waals surface area (Å²) in [5.74, 6) is 0.501.